The van der Waals surface area contributed by atoms with Crippen molar-refractivity contribution in [2.24, 2.45) is 0 Å². The molecule has 0 heterocycles. The molecule has 0 aromatic heterocycles. The molecule has 0 aliphatic heterocycles. The molecule has 3 heteroatoms. The van der Waals surface area contributed by atoms with Crippen LogP contribution in [0.5, 0.6) is 5.75 Å². The van der Waals surface area contributed by atoms with Crippen molar-refractivity contribution in [2.45, 2.75) is 6.92 Å². The predicted octanol–water partition coefficient (Wildman–Crippen LogP) is 1.60. The average Bonchev–Trinajstić information content (AvgIpc) is 2.16. The number of hydrogen-bond acceptors (Lipinski definition) is 2. The molecule has 0 unspecified atom stereocenters. The fraction of sp³-hybridized carbons (Fsp3) is 0.300. The standard InChI is InChI=1S/C10H13NO2/c1-8-4-5-9(11(2)7-12)10(6-8)13-3/h4-7H,1-3H3. The van der Waals surface area contributed by atoms with E-state index >= 15 is 0 Å². The Hall–Kier alpha value is -1.51. The summed E-state index contributed by atoms with van der Waals surface area (Å²) in [5, 5.41) is 0. The van der Waals surface area contributed by atoms with E-state index in [0.29, 0.717) is 0 Å². The maximum absolute atomic E-state index is 10.5. The number of anilines is 1. The van der Waals surface area contributed by atoms with E-state index in [4.69, 9.17) is 4.74 Å². The van der Waals surface area contributed by atoms with Gasteiger partial charge < -0.3 is 9.64 Å². The molecule has 0 radical (unpaired) electrons. The van der Waals surface area contributed by atoms with E-state index in [1.165, 1.54) is 4.90 Å². The summed E-state index contributed by atoms with van der Waals surface area (Å²) in [7, 11) is 3.29. The van der Waals surface area contributed by atoms with Gasteiger partial charge in [0.1, 0.15) is 5.75 Å². The molecule has 0 N–H and O–H groups in total. The first kappa shape index (κ1) is 9.58. The van der Waals surface area contributed by atoms with Crippen molar-refractivity contribution >= 4 is 12.1 Å². The van der Waals surface area contributed by atoms with Crippen LogP contribution in [0.15, 0.2) is 18.2 Å². The van der Waals surface area contributed by atoms with Crippen LogP contribution in [0.1, 0.15) is 5.56 Å². The van der Waals surface area contributed by atoms with Gasteiger partial charge in [0.05, 0.1) is 12.8 Å². The van der Waals surface area contributed by atoms with E-state index in [0.717, 1.165) is 23.4 Å². The number of carbonyl (C=O) groups excluding carboxylic acids is 1. The van der Waals surface area contributed by atoms with Gasteiger partial charge in [-0.25, -0.2) is 0 Å². The number of ether oxygens (including phenoxy) is 1. The van der Waals surface area contributed by atoms with Crippen LogP contribution in [0, 0.1) is 6.92 Å². The normalized spacial score (nSPS) is 9.46. The van der Waals surface area contributed by atoms with Crippen LogP contribution in [0.2, 0.25) is 0 Å². The average molecular weight is 179 g/mol. The summed E-state index contributed by atoms with van der Waals surface area (Å²) in [5.74, 6) is 0.717. The molecule has 0 saturated heterocycles. The van der Waals surface area contributed by atoms with E-state index in [9.17, 15) is 4.79 Å². The van der Waals surface area contributed by atoms with E-state index in [1.54, 1.807) is 14.2 Å². The summed E-state index contributed by atoms with van der Waals surface area (Å²) in [4.78, 5) is 12.0. The van der Waals surface area contributed by atoms with Crippen molar-refractivity contribution in [1.82, 2.24) is 0 Å². The third-order valence-corrected chi connectivity index (χ3v) is 1.87. The van der Waals surface area contributed by atoms with E-state index in [1.807, 2.05) is 25.1 Å². The van der Waals surface area contributed by atoms with E-state index < -0.39 is 0 Å². The Morgan fingerprint density at radius 2 is 2.15 bits per heavy atom. The molecule has 1 aromatic carbocycles. The minimum Gasteiger partial charge on any atom is -0.495 e. The van der Waals surface area contributed by atoms with Gasteiger partial charge in [-0.3, -0.25) is 4.79 Å². The zero-order valence-corrected chi connectivity index (χ0v) is 8.07. The van der Waals surface area contributed by atoms with Crippen LogP contribution in [0.3, 0.4) is 0 Å². The first-order valence-corrected chi connectivity index (χ1v) is 4.02. The van der Waals surface area contributed by atoms with Gasteiger partial charge in [0.15, 0.2) is 0 Å². The van der Waals surface area contributed by atoms with Crippen LogP contribution in [0.25, 0.3) is 0 Å². The molecule has 13 heavy (non-hydrogen) atoms. The Labute approximate surface area is 77.9 Å². The summed E-state index contributed by atoms with van der Waals surface area (Å²) in [6.45, 7) is 1.98. The quantitative estimate of drug-likeness (QED) is 0.659. The Balaban J connectivity index is 3.12. The first-order chi connectivity index (χ1) is 6.19. The van der Waals surface area contributed by atoms with Crippen LogP contribution in [0.4, 0.5) is 5.69 Å². The smallest absolute Gasteiger partial charge is 0.213 e. The van der Waals surface area contributed by atoms with Gasteiger partial charge in [-0.2, -0.15) is 0 Å². The molecule has 0 fully saturated rings. The molecular weight excluding hydrogens is 166 g/mol. The third-order valence-electron chi connectivity index (χ3n) is 1.87. The highest BCUT2D eigenvalue weighted by molar-refractivity contribution is 5.78. The lowest BCUT2D eigenvalue weighted by atomic mass is 10.2. The second kappa shape index (κ2) is 3.94. The Kier molecular flexibility index (Phi) is 2.90. The molecule has 0 aliphatic rings. The number of aryl methyl sites for hydroxylation is 1. The zero-order valence-electron chi connectivity index (χ0n) is 8.07. The van der Waals surface area contributed by atoms with Gasteiger partial charge in [-0.15, -0.1) is 0 Å². The minimum absolute atomic E-state index is 0.717. The lowest BCUT2D eigenvalue weighted by Crippen LogP contribution is -2.14. The molecule has 1 amide bonds. The number of carbonyl (C=O) groups is 1. The number of methoxy groups -OCH3 is 1. The molecule has 0 bridgehead atoms. The first-order valence-electron chi connectivity index (χ1n) is 4.02. The van der Waals surface area contributed by atoms with Gasteiger partial charge in [0, 0.05) is 7.05 Å². The maximum Gasteiger partial charge on any atom is 0.213 e. The molecule has 0 saturated carbocycles. The lowest BCUT2D eigenvalue weighted by molar-refractivity contribution is -0.107. The molecule has 1 rings (SSSR count). The number of nitrogens with zero attached hydrogens (tertiary/aromatic N) is 1. The van der Waals surface area contributed by atoms with E-state index in [-0.39, 0.29) is 0 Å². The van der Waals surface area contributed by atoms with Crippen molar-refractivity contribution in [3.8, 4) is 5.75 Å². The monoisotopic (exact) mass is 179 g/mol. The highest BCUT2D eigenvalue weighted by Gasteiger charge is 2.06. The van der Waals surface area contributed by atoms with Crippen molar-refractivity contribution < 1.29 is 9.53 Å². The Morgan fingerprint density at radius 1 is 1.46 bits per heavy atom. The third kappa shape index (κ3) is 1.99. The highest BCUT2D eigenvalue weighted by atomic mass is 16.5. The fourth-order valence-corrected chi connectivity index (χ4v) is 1.13. The van der Waals surface area contributed by atoms with E-state index in [2.05, 4.69) is 0 Å². The van der Waals surface area contributed by atoms with Crippen molar-refractivity contribution in [1.29, 1.82) is 0 Å². The van der Waals surface area contributed by atoms with Crippen LogP contribution < -0.4 is 9.64 Å². The Morgan fingerprint density at radius 3 is 2.69 bits per heavy atom. The number of rotatable bonds is 3. The SMILES string of the molecule is COc1cc(C)ccc1N(C)C=O. The number of hydrogen-bond donors (Lipinski definition) is 0. The number of amides is 1. The molecule has 70 valence electrons. The van der Waals surface area contributed by atoms with Gasteiger partial charge in [-0.05, 0) is 24.6 Å². The minimum atomic E-state index is 0.717. The van der Waals surface area contributed by atoms with Crippen molar-refractivity contribution in [2.75, 3.05) is 19.1 Å². The second-order valence-corrected chi connectivity index (χ2v) is 2.89. The summed E-state index contributed by atoms with van der Waals surface area (Å²) in [5.41, 5.74) is 1.89. The molecule has 0 atom stereocenters. The lowest BCUT2D eigenvalue weighted by Gasteiger charge is -2.15. The topological polar surface area (TPSA) is 29.5 Å². The van der Waals surface area contributed by atoms with Crippen LogP contribution in [-0.4, -0.2) is 20.6 Å². The molecule has 3 nitrogen and oxygen atoms in total. The largest absolute Gasteiger partial charge is 0.495 e. The molecular formula is C10H13NO2. The summed E-state index contributed by atoms with van der Waals surface area (Å²) in [6.07, 6.45) is 0.757. The highest BCUT2D eigenvalue weighted by Crippen LogP contribution is 2.27. The van der Waals surface area contributed by atoms with Crippen molar-refractivity contribution in [3.05, 3.63) is 23.8 Å². The second-order valence-electron chi connectivity index (χ2n) is 2.89. The summed E-state index contributed by atoms with van der Waals surface area (Å²) in [6, 6.07) is 5.70. The predicted molar refractivity (Wildman–Crippen MR) is 52.2 cm³/mol. The van der Waals surface area contributed by atoms with Gasteiger partial charge >= 0.3 is 0 Å². The summed E-state index contributed by atoms with van der Waals surface area (Å²) >= 11 is 0. The molecule has 0 spiro atoms. The summed E-state index contributed by atoms with van der Waals surface area (Å²) < 4.78 is 5.15. The number of benzene rings is 1. The maximum atomic E-state index is 10.5. The van der Waals surface area contributed by atoms with Crippen LogP contribution >= 0.6 is 0 Å². The zero-order chi connectivity index (χ0) is 9.84. The van der Waals surface area contributed by atoms with Gasteiger partial charge in [-0.1, -0.05) is 6.07 Å². The Bertz CT molecular complexity index is 310. The van der Waals surface area contributed by atoms with Crippen molar-refractivity contribution in [3.63, 3.8) is 0 Å². The van der Waals surface area contributed by atoms with Gasteiger partial charge in [0.25, 0.3) is 0 Å². The fourth-order valence-electron chi connectivity index (χ4n) is 1.13. The van der Waals surface area contributed by atoms with Crippen LogP contribution in [-0.2, 0) is 4.79 Å². The molecule has 0 aliphatic carbocycles. The molecule has 1 aromatic rings. The van der Waals surface area contributed by atoms with Gasteiger partial charge in [0.2, 0.25) is 6.41 Å².